The lowest BCUT2D eigenvalue weighted by atomic mass is 9.75. The van der Waals surface area contributed by atoms with E-state index < -0.39 is 0 Å². The molecule has 128 heavy (non-hydrogen) atoms. The number of fused-ring (bicyclic) bond motifs is 6. The van der Waals surface area contributed by atoms with Crippen LogP contribution in [0, 0.1) is 0 Å². The molecule has 0 heteroatoms. The molecule has 0 aliphatic carbocycles. The van der Waals surface area contributed by atoms with E-state index in [1.807, 2.05) is 0 Å². The summed E-state index contributed by atoms with van der Waals surface area (Å²) in [4.78, 5) is 0. The van der Waals surface area contributed by atoms with Gasteiger partial charge in [-0.15, -0.1) is 0 Å². The van der Waals surface area contributed by atoms with E-state index in [1.54, 1.807) is 0 Å². The van der Waals surface area contributed by atoms with E-state index in [0.717, 1.165) is 0 Å². The van der Waals surface area contributed by atoms with Gasteiger partial charge in [-0.2, -0.15) is 0 Å². The van der Waals surface area contributed by atoms with Crippen molar-refractivity contribution in [1.82, 2.24) is 0 Å². The molecule has 0 aliphatic rings. The highest BCUT2D eigenvalue weighted by Gasteiger charge is 2.33. The second-order valence-electron chi connectivity index (χ2n) is 47.0. The molecule has 0 saturated carbocycles. The van der Waals surface area contributed by atoms with Gasteiger partial charge in [0.15, 0.2) is 0 Å². The van der Waals surface area contributed by atoms with Crippen molar-refractivity contribution in [2.45, 2.75) is 289 Å². The first-order valence-electron chi connectivity index (χ1n) is 47.8. The predicted molar refractivity (Wildman–Crippen MR) is 567 cm³/mol. The maximum Gasteiger partial charge on any atom is -0.000139 e. The number of benzene rings is 16. The van der Waals surface area contributed by atoms with Crippen LogP contribution >= 0.6 is 0 Å². The van der Waals surface area contributed by atoms with Crippen LogP contribution in [-0.4, -0.2) is 0 Å². The lowest BCUT2D eigenvalue weighted by molar-refractivity contribution is 0.590. The summed E-state index contributed by atoms with van der Waals surface area (Å²) in [6.45, 7) is 74.2. The van der Waals surface area contributed by atoms with Crippen LogP contribution in [-0.2, 0) is 43.3 Å². The minimum atomic E-state index is 0.0349. The van der Waals surface area contributed by atoms with Crippen molar-refractivity contribution in [3.63, 3.8) is 0 Å². The Bertz CT molecular complexity index is 5990. The van der Waals surface area contributed by atoms with Crippen LogP contribution < -0.4 is 0 Å². The maximum absolute atomic E-state index is 2.52. The SMILES string of the molecule is CC(C)c1ccc2c(-c3ccc(C(C)(C)C)cc3)c3c(-c4ccc(C(C)(C)C)cc4)c4cc(C(C)C)ccc4c(-c4ccc(C(C)(C)C)cc4)c3c(-c3ccc(C(C)(C)C)cc3)c2c1.CC(C)c1ccc2c(-c3ccc(C(C)(C)C)cc3)c3c(-c4ccc(C(C)(C)C)cc4)c4cc(C(C)C)ccc4c(-c4ccc(C(C)(C)C)cc4)c3c(-c3ccc(C(C)(C)C)cc3)c2c1. The van der Waals surface area contributed by atoms with Gasteiger partial charge in [-0.1, -0.05) is 488 Å². The first kappa shape index (κ1) is 91.8. The van der Waals surface area contributed by atoms with Gasteiger partial charge in [-0.05, 0) is 287 Å². The number of hydrogen-bond donors (Lipinski definition) is 0. The van der Waals surface area contributed by atoms with Gasteiger partial charge in [-0.3, -0.25) is 0 Å². The van der Waals surface area contributed by atoms with Crippen molar-refractivity contribution in [3.8, 4) is 89.0 Å². The Morgan fingerprint density at radius 3 is 0.344 bits per heavy atom. The van der Waals surface area contributed by atoms with Crippen molar-refractivity contribution in [2.75, 3.05) is 0 Å². The van der Waals surface area contributed by atoms with Gasteiger partial charge in [-0.25, -0.2) is 0 Å². The normalized spacial score (nSPS) is 13.0. The van der Waals surface area contributed by atoms with Gasteiger partial charge in [0, 0.05) is 0 Å². The largest absolute Gasteiger partial charge is 0.0587 e. The summed E-state index contributed by atoms with van der Waals surface area (Å²) in [5.41, 5.74) is 36.8. The summed E-state index contributed by atoms with van der Waals surface area (Å²) >= 11 is 0. The van der Waals surface area contributed by atoms with Crippen LogP contribution in [0.5, 0.6) is 0 Å². The number of rotatable bonds is 12. The smallest absolute Gasteiger partial charge is 0.000139 e. The fourth-order valence-corrected chi connectivity index (χ4v) is 19.5. The summed E-state index contributed by atoms with van der Waals surface area (Å²) in [5.74, 6) is 1.49. The minimum absolute atomic E-state index is 0.0349. The Kier molecular flexibility index (Phi) is 24.3. The quantitative estimate of drug-likeness (QED) is 0.107. The standard InChI is InChI=1S/2C64H72/c2*1-39(2)45-25-35-51-53(37-45)57(43-21-31-49(32-22-43)63(11,12)13)59-56(42-19-29-48(30-20-42)62(8,9)10)52-36-26-46(40(3)4)38-54(52)58(44-23-33-50(34-24-44)64(14,15)16)60(59)55(51)41-17-27-47(28-18-41)61(5,6)7/h2*17-40H,1-16H3. The zero-order chi connectivity index (χ0) is 92.5. The van der Waals surface area contributed by atoms with E-state index in [1.165, 1.54) is 220 Å². The third kappa shape index (κ3) is 17.9. The molecule has 16 aromatic rings. The van der Waals surface area contributed by atoms with Gasteiger partial charge in [0.25, 0.3) is 0 Å². The molecule has 0 unspecified atom stereocenters. The first-order chi connectivity index (χ1) is 59.9. The molecule has 656 valence electrons. The summed E-state index contributed by atoms with van der Waals surface area (Å²) in [6, 6.07) is 106. The van der Waals surface area contributed by atoms with Crippen molar-refractivity contribution < 1.29 is 0 Å². The summed E-state index contributed by atoms with van der Waals surface area (Å²) in [6.07, 6.45) is 0. The van der Waals surface area contributed by atoms with Crippen molar-refractivity contribution >= 4 is 64.6 Å². The summed E-state index contributed by atoms with van der Waals surface area (Å²) in [7, 11) is 0. The third-order valence-corrected chi connectivity index (χ3v) is 27.8. The van der Waals surface area contributed by atoms with E-state index in [9.17, 15) is 0 Å². The lowest BCUT2D eigenvalue weighted by Crippen LogP contribution is -2.11. The third-order valence-electron chi connectivity index (χ3n) is 27.8. The molecule has 0 aromatic heterocycles. The maximum atomic E-state index is 2.52. The van der Waals surface area contributed by atoms with Gasteiger partial charge in [0.2, 0.25) is 0 Å². The van der Waals surface area contributed by atoms with Crippen molar-refractivity contribution in [3.05, 3.63) is 334 Å². The van der Waals surface area contributed by atoms with Gasteiger partial charge in [0.05, 0.1) is 0 Å². The van der Waals surface area contributed by atoms with E-state index in [4.69, 9.17) is 0 Å². The Balaban J connectivity index is 0.000000197. The fourth-order valence-electron chi connectivity index (χ4n) is 19.5. The zero-order valence-corrected chi connectivity index (χ0v) is 83.7. The second-order valence-corrected chi connectivity index (χ2v) is 47.0. The lowest BCUT2D eigenvalue weighted by Gasteiger charge is -2.27. The monoisotopic (exact) mass is 1680 g/mol. The molecular formula is C128H144. The molecule has 0 fully saturated rings. The molecule has 16 rings (SSSR count). The zero-order valence-electron chi connectivity index (χ0n) is 83.7. The first-order valence-corrected chi connectivity index (χ1v) is 47.8. The highest BCUT2D eigenvalue weighted by atomic mass is 14.4. The van der Waals surface area contributed by atoms with Crippen molar-refractivity contribution in [1.29, 1.82) is 0 Å². The van der Waals surface area contributed by atoms with Gasteiger partial charge in [0.1, 0.15) is 0 Å². The van der Waals surface area contributed by atoms with Crippen LogP contribution in [0.3, 0.4) is 0 Å². The highest BCUT2D eigenvalue weighted by Crippen LogP contribution is 2.58. The average molecular weight is 1680 g/mol. The van der Waals surface area contributed by atoms with E-state index in [0.29, 0.717) is 23.7 Å². The molecule has 0 bridgehead atoms. The molecule has 0 N–H and O–H groups in total. The topological polar surface area (TPSA) is 0 Å². The molecule has 16 aromatic carbocycles. The molecule has 0 saturated heterocycles. The Labute approximate surface area is 770 Å². The summed E-state index contributed by atoms with van der Waals surface area (Å²) < 4.78 is 0. The van der Waals surface area contributed by atoms with Gasteiger partial charge < -0.3 is 0 Å². The molecule has 0 radical (unpaired) electrons. The predicted octanol–water partition coefficient (Wildman–Crippen LogP) is 38.5. The molecule has 0 spiro atoms. The second kappa shape index (κ2) is 33.9. The van der Waals surface area contributed by atoms with E-state index in [2.05, 4.69) is 488 Å². The molecule has 0 nitrogen and oxygen atoms in total. The number of hydrogen-bond acceptors (Lipinski definition) is 0. The van der Waals surface area contributed by atoms with Crippen LogP contribution in [0.4, 0.5) is 0 Å². The minimum Gasteiger partial charge on any atom is -0.0587 e. The van der Waals surface area contributed by atoms with Crippen LogP contribution in [0.25, 0.3) is 154 Å². The van der Waals surface area contributed by atoms with Crippen LogP contribution in [0.1, 0.15) is 312 Å². The molecule has 0 amide bonds. The summed E-state index contributed by atoms with van der Waals surface area (Å²) in [5, 5.41) is 15.6. The Morgan fingerprint density at radius 1 is 0.133 bits per heavy atom. The molecule has 0 aliphatic heterocycles. The van der Waals surface area contributed by atoms with Crippen LogP contribution in [0.2, 0.25) is 0 Å². The fraction of sp³-hybridized carbons (Fsp3) is 0.344. The average Bonchev–Trinajstić information content (AvgIpc) is 0.697. The van der Waals surface area contributed by atoms with E-state index >= 15 is 0 Å². The van der Waals surface area contributed by atoms with Crippen LogP contribution in [0.15, 0.2) is 267 Å². The Morgan fingerprint density at radius 2 is 0.242 bits per heavy atom. The molecule has 0 heterocycles. The van der Waals surface area contributed by atoms with Gasteiger partial charge >= 0.3 is 0 Å². The molecular weight excluding hydrogens is 1540 g/mol. The van der Waals surface area contributed by atoms with Crippen molar-refractivity contribution in [2.24, 2.45) is 0 Å². The molecule has 0 atom stereocenters. The Hall–Kier alpha value is -10.9. The highest BCUT2D eigenvalue weighted by molar-refractivity contribution is 6.36. The van der Waals surface area contributed by atoms with E-state index in [-0.39, 0.29) is 43.3 Å².